The Morgan fingerprint density at radius 3 is 2.49 bits per heavy atom. The van der Waals surface area contributed by atoms with Gasteiger partial charge in [-0.2, -0.15) is 9.78 Å². The van der Waals surface area contributed by atoms with E-state index in [-0.39, 0.29) is 18.0 Å². The molecule has 204 valence electrons. The van der Waals surface area contributed by atoms with E-state index in [0.717, 1.165) is 15.4 Å². The number of ether oxygens (including phenoxy) is 1. The average molecular weight is 777 g/mol. The summed E-state index contributed by atoms with van der Waals surface area (Å²) in [4.78, 5) is 18.3. The summed E-state index contributed by atoms with van der Waals surface area (Å²) in [6.45, 7) is 0.289. The molecular weight excluding hydrogens is 761 g/mol. The van der Waals surface area contributed by atoms with Crippen molar-refractivity contribution in [1.82, 2.24) is 9.66 Å². The predicted molar refractivity (Wildman–Crippen MR) is 175 cm³/mol. The van der Waals surface area contributed by atoms with Gasteiger partial charge in [0.05, 0.1) is 36.1 Å². The molecule has 0 atom stereocenters. The van der Waals surface area contributed by atoms with Crippen molar-refractivity contribution in [1.29, 1.82) is 0 Å². The number of hydrogen-bond acceptors (Lipinski definition) is 5. The van der Waals surface area contributed by atoms with Gasteiger partial charge in [0.1, 0.15) is 17.9 Å². The summed E-state index contributed by atoms with van der Waals surface area (Å²) in [6, 6.07) is 23.7. The average Bonchev–Trinajstić information content (AvgIpc) is 3.37. The van der Waals surface area contributed by atoms with Crippen LogP contribution in [0.25, 0.3) is 33.5 Å². The number of furan rings is 1. The van der Waals surface area contributed by atoms with E-state index in [0.29, 0.717) is 52.5 Å². The minimum absolute atomic E-state index is 0.289. The van der Waals surface area contributed by atoms with Crippen molar-refractivity contribution < 1.29 is 9.15 Å². The molecule has 0 aliphatic rings. The lowest BCUT2D eigenvalue weighted by Crippen LogP contribution is -2.20. The highest BCUT2D eigenvalue weighted by Gasteiger charge is 2.17. The number of benzene rings is 4. The third kappa shape index (κ3) is 5.87. The molecule has 0 aliphatic carbocycles. The van der Waals surface area contributed by atoms with Crippen LogP contribution < -0.4 is 10.3 Å². The van der Waals surface area contributed by atoms with Crippen LogP contribution in [0.2, 0.25) is 10.0 Å². The number of fused-ring (bicyclic) bond motifs is 2. The van der Waals surface area contributed by atoms with E-state index in [1.807, 2.05) is 48.5 Å². The van der Waals surface area contributed by atoms with E-state index >= 15 is 0 Å². The fraction of sp³-hybridized carbons (Fsp3) is 0.0333. The molecule has 0 saturated heterocycles. The zero-order valence-electron chi connectivity index (χ0n) is 20.7. The van der Waals surface area contributed by atoms with Gasteiger partial charge < -0.3 is 9.15 Å². The molecule has 6 aromatic rings. The molecule has 0 saturated carbocycles. The maximum atomic E-state index is 13.6. The van der Waals surface area contributed by atoms with Gasteiger partial charge in [-0.05, 0) is 104 Å². The van der Waals surface area contributed by atoms with Gasteiger partial charge >= 0.3 is 0 Å². The summed E-state index contributed by atoms with van der Waals surface area (Å²) >= 11 is 22.8. The fourth-order valence-electron chi connectivity index (χ4n) is 4.22. The molecule has 41 heavy (non-hydrogen) atoms. The van der Waals surface area contributed by atoms with Crippen LogP contribution in [-0.4, -0.2) is 15.9 Å². The first-order valence-corrected chi connectivity index (χ1v) is 15.2. The summed E-state index contributed by atoms with van der Waals surface area (Å²) in [5.41, 5.74) is 2.49. The molecule has 2 aromatic heterocycles. The van der Waals surface area contributed by atoms with E-state index in [1.165, 1.54) is 4.68 Å². The van der Waals surface area contributed by atoms with Crippen LogP contribution in [-0.2, 0) is 6.61 Å². The summed E-state index contributed by atoms with van der Waals surface area (Å²) < 4.78 is 15.7. The number of aromatic nitrogens is 2. The second-order valence-corrected chi connectivity index (χ2v) is 12.4. The minimum Gasteiger partial charge on any atom is -0.487 e. The highest BCUT2D eigenvalue weighted by molar-refractivity contribution is 9.11. The maximum absolute atomic E-state index is 13.6. The van der Waals surface area contributed by atoms with Gasteiger partial charge in [-0.3, -0.25) is 4.79 Å². The Morgan fingerprint density at radius 1 is 0.927 bits per heavy atom. The lowest BCUT2D eigenvalue weighted by atomic mass is 10.2. The fourth-order valence-corrected chi connectivity index (χ4v) is 6.37. The van der Waals surface area contributed by atoms with Gasteiger partial charge in [-0.1, -0.05) is 57.3 Å². The normalized spacial score (nSPS) is 11.6. The molecule has 0 amide bonds. The monoisotopic (exact) mass is 773 g/mol. The van der Waals surface area contributed by atoms with Crippen molar-refractivity contribution in [2.45, 2.75) is 6.61 Å². The Labute approximate surface area is 268 Å². The Morgan fingerprint density at radius 2 is 1.71 bits per heavy atom. The highest BCUT2D eigenvalue weighted by Crippen LogP contribution is 2.36. The largest absolute Gasteiger partial charge is 0.487 e. The van der Waals surface area contributed by atoms with Gasteiger partial charge in [0, 0.05) is 9.86 Å². The molecule has 11 heteroatoms. The molecule has 2 heterocycles. The molecule has 0 fully saturated rings. The molecule has 6 nitrogen and oxygen atoms in total. The molecule has 6 rings (SSSR count). The van der Waals surface area contributed by atoms with Gasteiger partial charge in [0.15, 0.2) is 5.76 Å². The van der Waals surface area contributed by atoms with E-state index in [4.69, 9.17) is 37.3 Å². The van der Waals surface area contributed by atoms with E-state index < -0.39 is 0 Å². The Hall–Kier alpha value is -2.95. The molecule has 0 aliphatic heterocycles. The van der Waals surface area contributed by atoms with Gasteiger partial charge in [0.25, 0.3) is 5.56 Å². The first-order valence-electron chi connectivity index (χ1n) is 12.1. The van der Waals surface area contributed by atoms with Crippen molar-refractivity contribution >= 4 is 99.1 Å². The second-order valence-electron chi connectivity index (χ2n) is 8.96. The van der Waals surface area contributed by atoms with Crippen LogP contribution in [0.3, 0.4) is 0 Å². The quantitative estimate of drug-likeness (QED) is 0.158. The number of para-hydroxylation sites is 1. The van der Waals surface area contributed by atoms with E-state index in [9.17, 15) is 4.79 Å². The highest BCUT2D eigenvalue weighted by atomic mass is 79.9. The smallest absolute Gasteiger partial charge is 0.282 e. The zero-order chi connectivity index (χ0) is 28.7. The van der Waals surface area contributed by atoms with Crippen LogP contribution in [0.5, 0.6) is 5.75 Å². The van der Waals surface area contributed by atoms with Crippen molar-refractivity contribution in [3.05, 3.63) is 124 Å². The molecule has 4 aromatic carbocycles. The van der Waals surface area contributed by atoms with Crippen molar-refractivity contribution in [2.75, 3.05) is 0 Å². The van der Waals surface area contributed by atoms with Crippen LogP contribution in [0.4, 0.5) is 0 Å². The first-order chi connectivity index (χ1) is 19.8. The molecule has 0 unspecified atom stereocenters. The lowest BCUT2D eigenvalue weighted by molar-refractivity contribution is 0.302. The Kier molecular flexibility index (Phi) is 8.07. The number of hydrogen-bond donors (Lipinski definition) is 0. The Balaban J connectivity index is 1.36. The number of rotatable bonds is 6. The minimum atomic E-state index is -0.316. The molecule has 0 bridgehead atoms. The lowest BCUT2D eigenvalue weighted by Gasteiger charge is -2.12. The van der Waals surface area contributed by atoms with Crippen LogP contribution in [0, 0.1) is 0 Å². The standard InChI is InChI=1S/C30H16Br3Cl2N3O3/c31-19-6-8-26-18(12-19)13-27(41-26)29-37-25-4-2-1-3-20(25)30(39)38(29)36-14-17-9-21(32)28(22(33)10-17)40-15-16-5-7-23(34)24(35)11-16/h1-14H,15H2. The van der Waals surface area contributed by atoms with Gasteiger partial charge in [0.2, 0.25) is 5.82 Å². The Bertz CT molecular complexity index is 2030. The van der Waals surface area contributed by atoms with Gasteiger partial charge in [-0.25, -0.2) is 4.98 Å². The van der Waals surface area contributed by atoms with Gasteiger partial charge in [-0.15, -0.1) is 0 Å². The van der Waals surface area contributed by atoms with Crippen LogP contribution in [0.1, 0.15) is 11.1 Å². The number of halogens is 5. The number of nitrogens with zero attached hydrogens (tertiary/aromatic N) is 3. The summed E-state index contributed by atoms with van der Waals surface area (Å²) in [6.07, 6.45) is 1.58. The zero-order valence-corrected chi connectivity index (χ0v) is 27.0. The van der Waals surface area contributed by atoms with E-state index in [1.54, 1.807) is 36.5 Å². The molecular formula is C30H16Br3Cl2N3O3. The summed E-state index contributed by atoms with van der Waals surface area (Å²) in [5.74, 6) is 1.32. The summed E-state index contributed by atoms with van der Waals surface area (Å²) in [7, 11) is 0. The predicted octanol–water partition coefficient (Wildman–Crippen LogP) is 9.87. The van der Waals surface area contributed by atoms with Crippen LogP contribution >= 0.6 is 71.0 Å². The van der Waals surface area contributed by atoms with Crippen molar-refractivity contribution in [2.24, 2.45) is 5.10 Å². The molecule has 0 radical (unpaired) electrons. The second kappa shape index (κ2) is 11.7. The third-order valence-corrected chi connectivity index (χ3v) is 8.57. The van der Waals surface area contributed by atoms with Crippen LogP contribution in [0.15, 0.2) is 107 Å². The van der Waals surface area contributed by atoms with E-state index in [2.05, 4.69) is 52.9 Å². The maximum Gasteiger partial charge on any atom is 0.282 e. The van der Waals surface area contributed by atoms with Crippen molar-refractivity contribution in [3.8, 4) is 17.3 Å². The SMILES string of the molecule is O=c1c2ccccc2nc(-c2cc3cc(Br)ccc3o2)n1N=Cc1cc(Br)c(OCc2ccc(Cl)c(Cl)c2)c(Br)c1. The third-order valence-electron chi connectivity index (χ3n) is 6.16. The summed E-state index contributed by atoms with van der Waals surface area (Å²) in [5, 5.41) is 6.82. The molecule has 0 spiro atoms. The molecule has 0 N–H and O–H groups in total. The first kappa shape index (κ1) is 28.2. The van der Waals surface area contributed by atoms with Crippen molar-refractivity contribution in [3.63, 3.8) is 0 Å². The topological polar surface area (TPSA) is 69.6 Å².